The number of aliphatic hydroxyl groups excluding tert-OH is 1. The second-order valence-electron chi connectivity index (χ2n) is 5.51. The maximum absolute atomic E-state index is 13.2. The number of hydrogen-bond acceptors (Lipinski definition) is 2. The first-order valence-electron chi connectivity index (χ1n) is 7.09. The Bertz CT molecular complexity index is 599. The minimum atomic E-state index is -0.475. The van der Waals surface area contributed by atoms with E-state index in [4.69, 9.17) is 0 Å². The van der Waals surface area contributed by atoms with Crippen LogP contribution in [0.2, 0.25) is 0 Å². The largest absolute Gasteiger partial charge is 0.388 e. The summed E-state index contributed by atoms with van der Waals surface area (Å²) in [6.07, 6.45) is 6.10. The summed E-state index contributed by atoms with van der Waals surface area (Å²) >= 11 is 0. The average Bonchev–Trinajstić information content (AvgIpc) is 2.60. The average molecular weight is 271 g/mol. The quantitative estimate of drug-likeness (QED) is 0.849. The van der Waals surface area contributed by atoms with Gasteiger partial charge in [0.2, 0.25) is 0 Å². The van der Waals surface area contributed by atoms with Crippen molar-refractivity contribution in [1.29, 1.82) is 0 Å². The zero-order valence-corrected chi connectivity index (χ0v) is 11.3. The van der Waals surface area contributed by atoms with Gasteiger partial charge in [-0.05, 0) is 54.4 Å². The predicted molar refractivity (Wildman–Crippen MR) is 75.7 cm³/mol. The number of nitrogens with zero attached hydrogens (tertiary/aromatic N) is 1. The number of rotatable bonds is 2. The predicted octanol–water partition coefficient (Wildman–Crippen LogP) is 3.45. The number of pyridine rings is 1. The van der Waals surface area contributed by atoms with Crippen LogP contribution in [0, 0.1) is 11.7 Å². The summed E-state index contributed by atoms with van der Waals surface area (Å²) in [4.78, 5) is 3.89. The van der Waals surface area contributed by atoms with Gasteiger partial charge < -0.3 is 5.11 Å². The van der Waals surface area contributed by atoms with E-state index in [0.717, 1.165) is 30.4 Å². The van der Waals surface area contributed by atoms with E-state index in [1.165, 1.54) is 17.8 Å². The van der Waals surface area contributed by atoms with Crippen LogP contribution in [0.5, 0.6) is 0 Å². The van der Waals surface area contributed by atoms with Crippen molar-refractivity contribution in [3.8, 4) is 0 Å². The molecule has 1 N–H and O–H groups in total. The van der Waals surface area contributed by atoms with Crippen molar-refractivity contribution in [1.82, 2.24) is 4.98 Å². The highest BCUT2D eigenvalue weighted by Gasteiger charge is 2.26. The molecule has 0 bridgehead atoms. The first-order chi connectivity index (χ1) is 9.74. The Morgan fingerprint density at radius 3 is 2.95 bits per heavy atom. The molecule has 20 heavy (non-hydrogen) atoms. The van der Waals surface area contributed by atoms with Crippen LogP contribution in [0.1, 0.15) is 35.6 Å². The molecule has 0 aliphatic heterocycles. The molecule has 0 fully saturated rings. The number of aliphatic hydroxyl groups is 1. The topological polar surface area (TPSA) is 33.1 Å². The first kappa shape index (κ1) is 13.3. The number of aromatic nitrogens is 1. The summed E-state index contributed by atoms with van der Waals surface area (Å²) in [7, 11) is 0. The van der Waals surface area contributed by atoms with Crippen LogP contribution in [-0.2, 0) is 12.8 Å². The van der Waals surface area contributed by atoms with Gasteiger partial charge in [-0.3, -0.25) is 4.98 Å². The molecule has 1 aromatic heterocycles. The Kier molecular flexibility index (Phi) is 3.79. The van der Waals surface area contributed by atoms with E-state index < -0.39 is 6.10 Å². The number of halogens is 1. The van der Waals surface area contributed by atoms with Crippen molar-refractivity contribution in [3.05, 3.63) is 65.2 Å². The second kappa shape index (κ2) is 5.71. The Morgan fingerprint density at radius 2 is 2.10 bits per heavy atom. The van der Waals surface area contributed by atoms with Gasteiger partial charge in [-0.1, -0.05) is 24.3 Å². The standard InChI is InChI=1S/C17H18FNO/c18-15-9-12(10-19-11-15)8-14-6-3-5-13-4-1-2-7-16(13)17(14)20/h1-2,4,7,9-11,14,17,20H,3,5-6,8H2. The number of aryl methyl sites for hydroxylation is 1. The van der Waals surface area contributed by atoms with Crippen LogP contribution >= 0.6 is 0 Å². The molecule has 1 aliphatic rings. The number of hydrogen-bond donors (Lipinski definition) is 1. The van der Waals surface area contributed by atoms with Crippen molar-refractivity contribution in [2.75, 3.05) is 0 Å². The highest BCUT2D eigenvalue weighted by Crippen LogP contribution is 2.34. The van der Waals surface area contributed by atoms with Crippen LogP contribution in [0.3, 0.4) is 0 Å². The first-order valence-corrected chi connectivity index (χ1v) is 7.09. The third kappa shape index (κ3) is 2.73. The van der Waals surface area contributed by atoms with Gasteiger partial charge in [0.15, 0.2) is 0 Å². The number of benzene rings is 1. The molecule has 2 atom stereocenters. The monoisotopic (exact) mass is 271 g/mol. The van der Waals surface area contributed by atoms with E-state index in [9.17, 15) is 9.50 Å². The van der Waals surface area contributed by atoms with Gasteiger partial charge in [0, 0.05) is 6.20 Å². The Hall–Kier alpha value is -1.74. The molecule has 2 unspecified atom stereocenters. The van der Waals surface area contributed by atoms with E-state index in [1.807, 2.05) is 18.2 Å². The third-order valence-electron chi connectivity index (χ3n) is 4.10. The van der Waals surface area contributed by atoms with E-state index >= 15 is 0 Å². The SMILES string of the molecule is OC1c2ccccc2CCCC1Cc1cncc(F)c1. The Morgan fingerprint density at radius 1 is 1.25 bits per heavy atom. The van der Waals surface area contributed by atoms with E-state index in [1.54, 1.807) is 6.20 Å². The molecule has 3 rings (SSSR count). The molecule has 0 amide bonds. The fourth-order valence-electron chi connectivity index (χ4n) is 3.10. The molecule has 104 valence electrons. The lowest BCUT2D eigenvalue weighted by molar-refractivity contribution is 0.105. The van der Waals surface area contributed by atoms with Gasteiger partial charge in [-0.25, -0.2) is 4.39 Å². The van der Waals surface area contributed by atoms with Crippen molar-refractivity contribution in [2.45, 2.75) is 31.8 Å². The zero-order valence-electron chi connectivity index (χ0n) is 11.3. The van der Waals surface area contributed by atoms with Crippen molar-refractivity contribution in [2.24, 2.45) is 5.92 Å². The molecule has 2 aromatic rings. The highest BCUT2D eigenvalue weighted by molar-refractivity contribution is 5.31. The fraction of sp³-hybridized carbons (Fsp3) is 0.353. The molecular formula is C17H18FNO. The molecule has 3 heteroatoms. The number of fused-ring (bicyclic) bond motifs is 1. The zero-order chi connectivity index (χ0) is 13.9. The molecule has 2 nitrogen and oxygen atoms in total. The summed E-state index contributed by atoms with van der Waals surface area (Å²) in [6.45, 7) is 0. The van der Waals surface area contributed by atoms with E-state index in [2.05, 4.69) is 11.1 Å². The fourth-order valence-corrected chi connectivity index (χ4v) is 3.10. The van der Waals surface area contributed by atoms with Gasteiger partial charge in [0.25, 0.3) is 0 Å². The van der Waals surface area contributed by atoms with Crippen molar-refractivity contribution < 1.29 is 9.50 Å². The second-order valence-corrected chi connectivity index (χ2v) is 5.51. The molecular weight excluding hydrogens is 253 g/mol. The summed E-state index contributed by atoms with van der Waals surface area (Å²) in [5.41, 5.74) is 3.12. The van der Waals surface area contributed by atoms with Gasteiger partial charge in [-0.2, -0.15) is 0 Å². The van der Waals surface area contributed by atoms with Crippen LogP contribution in [0.25, 0.3) is 0 Å². The molecule has 0 radical (unpaired) electrons. The van der Waals surface area contributed by atoms with Crippen LogP contribution in [-0.4, -0.2) is 10.1 Å². The molecule has 0 saturated heterocycles. The Labute approximate surface area is 118 Å². The van der Waals surface area contributed by atoms with Gasteiger partial charge in [0.1, 0.15) is 5.82 Å². The summed E-state index contributed by atoms with van der Waals surface area (Å²) in [5, 5.41) is 10.6. The molecule has 1 aromatic carbocycles. The highest BCUT2D eigenvalue weighted by atomic mass is 19.1. The van der Waals surface area contributed by atoms with Gasteiger partial charge >= 0.3 is 0 Å². The smallest absolute Gasteiger partial charge is 0.141 e. The van der Waals surface area contributed by atoms with Crippen LogP contribution < -0.4 is 0 Å². The van der Waals surface area contributed by atoms with Crippen LogP contribution in [0.4, 0.5) is 4.39 Å². The molecule has 1 heterocycles. The Balaban J connectivity index is 1.84. The van der Waals surface area contributed by atoms with E-state index in [-0.39, 0.29) is 11.7 Å². The third-order valence-corrected chi connectivity index (χ3v) is 4.10. The van der Waals surface area contributed by atoms with Crippen molar-refractivity contribution >= 4 is 0 Å². The van der Waals surface area contributed by atoms with E-state index in [0.29, 0.717) is 6.42 Å². The molecule has 0 saturated carbocycles. The minimum Gasteiger partial charge on any atom is -0.388 e. The van der Waals surface area contributed by atoms with Crippen LogP contribution in [0.15, 0.2) is 42.7 Å². The molecule has 1 aliphatic carbocycles. The molecule has 0 spiro atoms. The summed E-state index contributed by atoms with van der Waals surface area (Å²) < 4.78 is 13.2. The van der Waals surface area contributed by atoms with Gasteiger partial charge in [-0.15, -0.1) is 0 Å². The van der Waals surface area contributed by atoms with Crippen molar-refractivity contribution in [3.63, 3.8) is 0 Å². The lowest BCUT2D eigenvalue weighted by Crippen LogP contribution is -2.15. The summed E-state index contributed by atoms with van der Waals surface area (Å²) in [6, 6.07) is 9.58. The lowest BCUT2D eigenvalue weighted by atomic mass is 9.88. The minimum absolute atomic E-state index is 0.127. The van der Waals surface area contributed by atoms with Gasteiger partial charge in [0.05, 0.1) is 12.3 Å². The summed E-state index contributed by atoms with van der Waals surface area (Å²) in [5.74, 6) is -0.187. The normalized spacial score (nSPS) is 22.1. The maximum atomic E-state index is 13.2. The maximum Gasteiger partial charge on any atom is 0.141 e. The lowest BCUT2D eigenvalue weighted by Gasteiger charge is -2.22.